The first kappa shape index (κ1) is 15.2. The Morgan fingerprint density at radius 1 is 1.17 bits per heavy atom. The molecule has 23 heavy (non-hydrogen) atoms. The highest BCUT2D eigenvalue weighted by Crippen LogP contribution is 2.39. The maximum absolute atomic E-state index is 5.94. The van der Waals surface area contributed by atoms with E-state index in [2.05, 4.69) is 44.4 Å². The van der Waals surface area contributed by atoms with E-state index >= 15 is 0 Å². The lowest BCUT2D eigenvalue weighted by Gasteiger charge is -2.08. The van der Waals surface area contributed by atoms with Gasteiger partial charge in [0.1, 0.15) is 5.82 Å². The molecule has 0 saturated heterocycles. The summed E-state index contributed by atoms with van der Waals surface area (Å²) in [5.74, 6) is 1.98. The zero-order valence-corrected chi connectivity index (χ0v) is 14.9. The number of aromatic nitrogens is 3. The average Bonchev–Trinajstić information content (AvgIpc) is 3.11. The molecule has 0 radical (unpaired) electrons. The van der Waals surface area contributed by atoms with Crippen molar-refractivity contribution in [2.45, 2.75) is 36.2 Å². The SMILES string of the molecule is Clc1ccc(CSc2nnc(Cc3cccs3)n2C2CC2)cc1. The van der Waals surface area contributed by atoms with Gasteiger partial charge in [0.05, 0.1) is 0 Å². The van der Waals surface area contributed by atoms with E-state index in [1.807, 2.05) is 12.1 Å². The minimum Gasteiger partial charge on any atom is -0.303 e. The van der Waals surface area contributed by atoms with Crippen molar-refractivity contribution in [1.82, 2.24) is 14.8 Å². The van der Waals surface area contributed by atoms with Gasteiger partial charge in [0, 0.05) is 28.1 Å². The van der Waals surface area contributed by atoms with Crippen LogP contribution in [0.4, 0.5) is 0 Å². The number of thioether (sulfide) groups is 1. The molecule has 0 amide bonds. The topological polar surface area (TPSA) is 30.7 Å². The van der Waals surface area contributed by atoms with Crippen molar-refractivity contribution in [1.29, 1.82) is 0 Å². The normalized spacial score (nSPS) is 14.3. The van der Waals surface area contributed by atoms with Crippen molar-refractivity contribution in [2.75, 3.05) is 0 Å². The van der Waals surface area contributed by atoms with E-state index in [-0.39, 0.29) is 0 Å². The van der Waals surface area contributed by atoms with Crippen LogP contribution in [0.25, 0.3) is 0 Å². The van der Waals surface area contributed by atoms with Crippen LogP contribution >= 0.6 is 34.7 Å². The molecule has 0 unspecified atom stereocenters. The highest BCUT2D eigenvalue weighted by Gasteiger charge is 2.29. The lowest BCUT2D eigenvalue weighted by atomic mass is 10.2. The van der Waals surface area contributed by atoms with Gasteiger partial charge in [-0.05, 0) is 42.0 Å². The second kappa shape index (κ2) is 6.67. The molecule has 2 aromatic heterocycles. The van der Waals surface area contributed by atoms with Crippen LogP contribution in [0.1, 0.15) is 35.1 Å². The van der Waals surface area contributed by atoms with E-state index in [0.29, 0.717) is 6.04 Å². The van der Waals surface area contributed by atoms with Gasteiger partial charge in [-0.1, -0.05) is 41.6 Å². The fourth-order valence-electron chi connectivity index (χ4n) is 2.52. The van der Waals surface area contributed by atoms with Crippen molar-refractivity contribution in [3.05, 3.63) is 63.1 Å². The number of hydrogen-bond donors (Lipinski definition) is 0. The summed E-state index contributed by atoms with van der Waals surface area (Å²) in [6.07, 6.45) is 3.36. The smallest absolute Gasteiger partial charge is 0.191 e. The molecule has 1 fully saturated rings. The maximum atomic E-state index is 5.94. The quantitative estimate of drug-likeness (QED) is 0.564. The zero-order chi connectivity index (χ0) is 15.6. The predicted octanol–water partition coefficient (Wildman–Crippen LogP) is 5.21. The molecule has 0 bridgehead atoms. The van der Waals surface area contributed by atoms with Crippen LogP contribution in [0.2, 0.25) is 5.02 Å². The Bertz CT molecular complexity index is 777. The van der Waals surface area contributed by atoms with Crippen molar-refractivity contribution in [3.63, 3.8) is 0 Å². The second-order valence-corrected chi connectivity index (χ2v) is 8.08. The summed E-state index contributed by atoms with van der Waals surface area (Å²) >= 11 is 9.48. The van der Waals surface area contributed by atoms with Gasteiger partial charge in [-0.15, -0.1) is 21.5 Å². The molecule has 0 spiro atoms. The first-order valence-corrected chi connectivity index (χ1v) is 9.87. The molecule has 0 aliphatic heterocycles. The Labute approximate surface area is 148 Å². The second-order valence-electron chi connectivity index (χ2n) is 5.67. The van der Waals surface area contributed by atoms with Crippen LogP contribution in [0, 0.1) is 0 Å². The summed E-state index contributed by atoms with van der Waals surface area (Å²) in [4.78, 5) is 1.34. The number of hydrogen-bond acceptors (Lipinski definition) is 4. The minimum absolute atomic E-state index is 0.590. The summed E-state index contributed by atoms with van der Waals surface area (Å²) < 4.78 is 2.35. The summed E-state index contributed by atoms with van der Waals surface area (Å²) in [6, 6.07) is 12.9. The molecular weight excluding hydrogens is 346 g/mol. The molecule has 0 N–H and O–H groups in total. The van der Waals surface area contributed by atoms with Gasteiger partial charge in [0.25, 0.3) is 0 Å². The van der Waals surface area contributed by atoms with E-state index in [9.17, 15) is 0 Å². The third kappa shape index (κ3) is 3.62. The molecule has 2 heterocycles. The van der Waals surface area contributed by atoms with E-state index in [1.54, 1.807) is 23.1 Å². The lowest BCUT2D eigenvalue weighted by Crippen LogP contribution is -2.03. The highest BCUT2D eigenvalue weighted by atomic mass is 35.5. The van der Waals surface area contributed by atoms with Crippen LogP contribution in [0.15, 0.2) is 46.9 Å². The van der Waals surface area contributed by atoms with Gasteiger partial charge in [-0.25, -0.2) is 0 Å². The lowest BCUT2D eigenvalue weighted by molar-refractivity contribution is 0.635. The molecular formula is C17H16ClN3S2. The summed E-state index contributed by atoms with van der Waals surface area (Å²) in [6.45, 7) is 0. The van der Waals surface area contributed by atoms with E-state index in [0.717, 1.165) is 28.2 Å². The van der Waals surface area contributed by atoms with Gasteiger partial charge in [0.15, 0.2) is 5.16 Å². The molecule has 1 aliphatic carbocycles. The third-order valence-electron chi connectivity index (χ3n) is 3.84. The Hall–Kier alpha value is -1.30. The fourth-order valence-corrected chi connectivity index (χ4v) is 4.33. The molecule has 1 aliphatic rings. The number of thiophene rings is 1. The monoisotopic (exact) mass is 361 g/mol. The molecule has 0 atom stereocenters. The van der Waals surface area contributed by atoms with Crippen molar-refractivity contribution < 1.29 is 0 Å². The van der Waals surface area contributed by atoms with Gasteiger partial charge < -0.3 is 4.57 Å². The Morgan fingerprint density at radius 3 is 2.70 bits per heavy atom. The number of benzene rings is 1. The number of halogens is 1. The van der Waals surface area contributed by atoms with Crippen LogP contribution < -0.4 is 0 Å². The zero-order valence-electron chi connectivity index (χ0n) is 12.5. The van der Waals surface area contributed by atoms with Gasteiger partial charge in [0.2, 0.25) is 0 Å². The van der Waals surface area contributed by atoms with E-state index in [4.69, 9.17) is 11.6 Å². The summed E-state index contributed by atoms with van der Waals surface area (Å²) in [5.41, 5.74) is 1.25. The van der Waals surface area contributed by atoms with Gasteiger partial charge >= 0.3 is 0 Å². The molecule has 118 valence electrons. The molecule has 4 rings (SSSR count). The van der Waals surface area contributed by atoms with Crippen molar-refractivity contribution in [2.24, 2.45) is 0 Å². The number of nitrogens with zero attached hydrogens (tertiary/aromatic N) is 3. The molecule has 1 saturated carbocycles. The van der Waals surface area contributed by atoms with E-state index in [1.165, 1.54) is 23.3 Å². The Balaban J connectivity index is 1.51. The molecule has 6 heteroatoms. The molecule has 3 nitrogen and oxygen atoms in total. The largest absolute Gasteiger partial charge is 0.303 e. The van der Waals surface area contributed by atoms with Crippen LogP contribution in [-0.2, 0) is 12.2 Å². The van der Waals surface area contributed by atoms with Crippen LogP contribution in [-0.4, -0.2) is 14.8 Å². The minimum atomic E-state index is 0.590. The maximum Gasteiger partial charge on any atom is 0.191 e. The van der Waals surface area contributed by atoms with Crippen LogP contribution in [0.3, 0.4) is 0 Å². The van der Waals surface area contributed by atoms with Gasteiger partial charge in [-0.3, -0.25) is 0 Å². The highest BCUT2D eigenvalue weighted by molar-refractivity contribution is 7.98. The van der Waals surface area contributed by atoms with Crippen molar-refractivity contribution >= 4 is 34.7 Å². The molecule has 3 aromatic rings. The molecule has 1 aromatic carbocycles. The fraction of sp³-hybridized carbons (Fsp3) is 0.294. The first-order valence-electron chi connectivity index (χ1n) is 7.63. The standard InChI is InChI=1S/C17H16ClN3S2/c18-13-5-3-12(4-6-13)11-23-17-20-19-16(21(17)14-7-8-14)10-15-2-1-9-22-15/h1-6,9,14H,7-8,10-11H2. The van der Waals surface area contributed by atoms with Crippen molar-refractivity contribution in [3.8, 4) is 0 Å². The Morgan fingerprint density at radius 2 is 2.00 bits per heavy atom. The van der Waals surface area contributed by atoms with Crippen LogP contribution in [0.5, 0.6) is 0 Å². The average molecular weight is 362 g/mol. The predicted molar refractivity (Wildman–Crippen MR) is 96.4 cm³/mol. The van der Waals surface area contributed by atoms with E-state index < -0.39 is 0 Å². The summed E-state index contributed by atoms with van der Waals surface area (Å²) in [7, 11) is 0. The summed E-state index contributed by atoms with van der Waals surface area (Å²) in [5, 5.41) is 12.8. The van der Waals surface area contributed by atoms with Gasteiger partial charge in [-0.2, -0.15) is 0 Å². The number of rotatable bonds is 6. The first-order chi connectivity index (χ1) is 11.3. The Kier molecular flexibility index (Phi) is 4.42. The third-order valence-corrected chi connectivity index (χ3v) is 5.98.